The fourth-order valence-electron chi connectivity index (χ4n) is 4.18. The number of rotatable bonds is 4. The second-order valence-electron chi connectivity index (χ2n) is 8.04. The summed E-state index contributed by atoms with van der Waals surface area (Å²) in [5.74, 6) is 0.752. The standard InChI is InChI=1S/C24H24Cl2N6O/c1-16-20(17(2)32(29-16)19-6-7-21(25)22(26)13-19)14-23(33)30-9-4-10-31(12-11-30)24-18(15-27)5-3-8-28-24/h3,5-8,13H,4,9-12,14H2,1-2H3. The van der Waals surface area contributed by atoms with Gasteiger partial charge in [-0.25, -0.2) is 9.67 Å². The van der Waals surface area contributed by atoms with Crippen molar-refractivity contribution in [1.82, 2.24) is 19.7 Å². The van der Waals surface area contributed by atoms with Crippen LogP contribution in [0.15, 0.2) is 36.5 Å². The van der Waals surface area contributed by atoms with Crippen LogP contribution in [0.25, 0.3) is 5.69 Å². The van der Waals surface area contributed by atoms with Crippen molar-refractivity contribution in [3.63, 3.8) is 0 Å². The summed E-state index contributed by atoms with van der Waals surface area (Å²) in [5, 5.41) is 15.0. The van der Waals surface area contributed by atoms with Crippen LogP contribution in [-0.2, 0) is 11.2 Å². The summed E-state index contributed by atoms with van der Waals surface area (Å²) in [5.41, 5.74) is 4.00. The molecule has 1 aliphatic heterocycles. The molecule has 0 saturated carbocycles. The normalized spacial score (nSPS) is 14.2. The van der Waals surface area contributed by atoms with Crippen LogP contribution in [0.1, 0.15) is 28.9 Å². The van der Waals surface area contributed by atoms with Gasteiger partial charge in [0.25, 0.3) is 0 Å². The number of nitrogens with zero attached hydrogens (tertiary/aromatic N) is 6. The first kappa shape index (κ1) is 23.1. The summed E-state index contributed by atoms with van der Waals surface area (Å²) >= 11 is 12.2. The zero-order valence-electron chi connectivity index (χ0n) is 18.6. The summed E-state index contributed by atoms with van der Waals surface area (Å²) in [7, 11) is 0. The van der Waals surface area contributed by atoms with E-state index in [-0.39, 0.29) is 12.3 Å². The van der Waals surface area contributed by atoms with Crippen LogP contribution >= 0.6 is 23.2 Å². The fraction of sp³-hybridized carbons (Fsp3) is 0.333. The van der Waals surface area contributed by atoms with Gasteiger partial charge in [-0.3, -0.25) is 4.79 Å². The molecule has 33 heavy (non-hydrogen) atoms. The van der Waals surface area contributed by atoms with E-state index >= 15 is 0 Å². The predicted molar refractivity (Wildman–Crippen MR) is 129 cm³/mol. The highest BCUT2D eigenvalue weighted by atomic mass is 35.5. The molecule has 0 radical (unpaired) electrons. The highest BCUT2D eigenvalue weighted by Crippen LogP contribution is 2.26. The fourth-order valence-corrected chi connectivity index (χ4v) is 4.47. The molecule has 0 unspecified atom stereocenters. The maximum absolute atomic E-state index is 13.2. The third-order valence-corrected chi connectivity index (χ3v) is 6.71. The maximum atomic E-state index is 13.2. The molecule has 1 amide bonds. The number of aromatic nitrogens is 3. The first-order chi connectivity index (χ1) is 15.9. The van der Waals surface area contributed by atoms with Crippen molar-refractivity contribution in [3.05, 3.63) is 69.1 Å². The number of carbonyl (C=O) groups excluding carboxylic acids is 1. The van der Waals surface area contributed by atoms with Gasteiger partial charge >= 0.3 is 0 Å². The van der Waals surface area contributed by atoms with E-state index in [0.29, 0.717) is 41.1 Å². The Bertz CT molecular complexity index is 1230. The SMILES string of the molecule is Cc1nn(-c2ccc(Cl)c(Cl)c2)c(C)c1CC(=O)N1CCCN(c2ncccc2C#N)CC1. The molecule has 1 aromatic carbocycles. The van der Waals surface area contributed by atoms with Gasteiger partial charge in [-0.2, -0.15) is 10.4 Å². The largest absolute Gasteiger partial charge is 0.354 e. The van der Waals surface area contributed by atoms with Crippen LogP contribution in [-0.4, -0.2) is 51.8 Å². The lowest BCUT2D eigenvalue weighted by Crippen LogP contribution is -2.36. The van der Waals surface area contributed by atoms with Crippen LogP contribution < -0.4 is 4.90 Å². The van der Waals surface area contributed by atoms with E-state index in [1.165, 1.54) is 0 Å². The van der Waals surface area contributed by atoms with E-state index in [1.54, 1.807) is 35.1 Å². The molecule has 4 rings (SSSR count). The van der Waals surface area contributed by atoms with Crippen LogP contribution in [0.2, 0.25) is 10.0 Å². The van der Waals surface area contributed by atoms with Crippen molar-refractivity contribution in [1.29, 1.82) is 5.26 Å². The number of nitriles is 1. The molecule has 0 N–H and O–H groups in total. The molecule has 9 heteroatoms. The van der Waals surface area contributed by atoms with Gasteiger partial charge < -0.3 is 9.80 Å². The van der Waals surface area contributed by atoms with Crippen molar-refractivity contribution >= 4 is 34.9 Å². The van der Waals surface area contributed by atoms with E-state index in [0.717, 1.165) is 35.6 Å². The Balaban J connectivity index is 1.48. The molecule has 0 spiro atoms. The van der Waals surface area contributed by atoms with Crippen molar-refractivity contribution < 1.29 is 4.79 Å². The van der Waals surface area contributed by atoms with Gasteiger partial charge in [-0.05, 0) is 50.6 Å². The number of amides is 1. The lowest BCUT2D eigenvalue weighted by Gasteiger charge is -2.23. The van der Waals surface area contributed by atoms with Crippen molar-refractivity contribution in [2.75, 3.05) is 31.1 Å². The molecule has 2 aromatic heterocycles. The predicted octanol–water partition coefficient (Wildman–Crippen LogP) is 4.34. The second-order valence-corrected chi connectivity index (χ2v) is 8.86. The molecule has 3 aromatic rings. The van der Waals surface area contributed by atoms with E-state index in [1.807, 2.05) is 24.8 Å². The number of pyridine rings is 1. The highest BCUT2D eigenvalue weighted by Gasteiger charge is 2.24. The molecule has 3 heterocycles. The van der Waals surface area contributed by atoms with Gasteiger partial charge in [0, 0.05) is 43.6 Å². The Labute approximate surface area is 203 Å². The third kappa shape index (κ3) is 4.82. The zero-order chi connectivity index (χ0) is 23.5. The number of hydrogen-bond acceptors (Lipinski definition) is 5. The number of benzene rings is 1. The molecule has 1 saturated heterocycles. The highest BCUT2D eigenvalue weighted by molar-refractivity contribution is 6.42. The first-order valence-corrected chi connectivity index (χ1v) is 11.5. The van der Waals surface area contributed by atoms with E-state index in [4.69, 9.17) is 23.2 Å². The molecular formula is C24H24Cl2N6O. The summed E-state index contributed by atoms with van der Waals surface area (Å²) in [6.45, 7) is 6.52. The Kier molecular flexibility index (Phi) is 6.87. The minimum atomic E-state index is 0.0678. The lowest BCUT2D eigenvalue weighted by atomic mass is 10.1. The Morgan fingerprint density at radius 2 is 1.94 bits per heavy atom. The van der Waals surface area contributed by atoms with Crippen LogP contribution in [0, 0.1) is 25.2 Å². The minimum Gasteiger partial charge on any atom is -0.354 e. The Morgan fingerprint density at radius 3 is 2.70 bits per heavy atom. The Morgan fingerprint density at radius 1 is 1.12 bits per heavy atom. The summed E-state index contributed by atoms with van der Waals surface area (Å²) in [4.78, 5) is 21.6. The smallest absolute Gasteiger partial charge is 0.227 e. The number of aryl methyl sites for hydroxylation is 1. The van der Waals surface area contributed by atoms with Gasteiger partial charge in [-0.1, -0.05) is 23.2 Å². The number of halogens is 2. The van der Waals surface area contributed by atoms with Crippen molar-refractivity contribution in [2.45, 2.75) is 26.7 Å². The summed E-state index contributed by atoms with van der Waals surface area (Å²) < 4.78 is 1.80. The van der Waals surface area contributed by atoms with Crippen molar-refractivity contribution in [3.8, 4) is 11.8 Å². The number of anilines is 1. The van der Waals surface area contributed by atoms with E-state index in [2.05, 4.69) is 21.1 Å². The van der Waals surface area contributed by atoms with E-state index < -0.39 is 0 Å². The molecule has 1 fully saturated rings. The average molecular weight is 483 g/mol. The van der Waals surface area contributed by atoms with Crippen LogP contribution in [0.4, 0.5) is 5.82 Å². The van der Waals surface area contributed by atoms with Gasteiger partial charge in [0.2, 0.25) is 5.91 Å². The zero-order valence-corrected chi connectivity index (χ0v) is 20.1. The molecule has 0 atom stereocenters. The van der Waals surface area contributed by atoms with Crippen LogP contribution in [0.5, 0.6) is 0 Å². The Hall–Kier alpha value is -3.08. The summed E-state index contributed by atoms with van der Waals surface area (Å²) in [6, 6.07) is 11.1. The van der Waals surface area contributed by atoms with E-state index in [9.17, 15) is 10.1 Å². The summed E-state index contributed by atoms with van der Waals surface area (Å²) in [6.07, 6.45) is 2.79. The van der Waals surface area contributed by atoms with Crippen LogP contribution in [0.3, 0.4) is 0 Å². The molecule has 1 aliphatic rings. The molecule has 0 aliphatic carbocycles. The number of hydrogen-bond donors (Lipinski definition) is 0. The maximum Gasteiger partial charge on any atom is 0.227 e. The monoisotopic (exact) mass is 482 g/mol. The first-order valence-electron chi connectivity index (χ1n) is 10.8. The molecule has 170 valence electrons. The van der Waals surface area contributed by atoms with Gasteiger partial charge in [0.05, 0.1) is 33.4 Å². The van der Waals surface area contributed by atoms with Gasteiger partial charge in [-0.15, -0.1) is 0 Å². The minimum absolute atomic E-state index is 0.0678. The molecule has 7 nitrogen and oxygen atoms in total. The average Bonchev–Trinajstić information content (AvgIpc) is 2.99. The van der Waals surface area contributed by atoms with Gasteiger partial charge in [0.1, 0.15) is 11.9 Å². The van der Waals surface area contributed by atoms with Gasteiger partial charge in [0.15, 0.2) is 0 Å². The molecular weight excluding hydrogens is 459 g/mol. The lowest BCUT2D eigenvalue weighted by molar-refractivity contribution is -0.130. The van der Waals surface area contributed by atoms with Crippen molar-refractivity contribution in [2.24, 2.45) is 0 Å². The quantitative estimate of drug-likeness (QED) is 0.552. The second kappa shape index (κ2) is 9.82. The number of carbonyl (C=O) groups is 1. The topological polar surface area (TPSA) is 78.1 Å². The molecule has 0 bridgehead atoms. The third-order valence-electron chi connectivity index (χ3n) is 5.97.